The highest BCUT2D eigenvalue weighted by molar-refractivity contribution is 5.94. The average Bonchev–Trinajstić information content (AvgIpc) is 3.59. The lowest BCUT2D eigenvalue weighted by Crippen LogP contribution is -2.57. The number of rotatable bonds is 13. The molecule has 0 spiro atoms. The normalized spacial score (nSPS) is 17.2. The molecule has 1 saturated heterocycles. The van der Waals surface area contributed by atoms with Gasteiger partial charge >= 0.3 is 11.9 Å². The Morgan fingerprint density at radius 2 is 1.79 bits per heavy atom. The number of nitrogens with two attached hydrogens (primary N) is 1. The van der Waals surface area contributed by atoms with E-state index in [2.05, 4.69) is 20.6 Å². The minimum Gasteiger partial charge on any atom is -0.508 e. The minimum absolute atomic E-state index is 0.0517. The van der Waals surface area contributed by atoms with Crippen LogP contribution in [0.1, 0.15) is 36.9 Å². The summed E-state index contributed by atoms with van der Waals surface area (Å²) in [6.07, 6.45) is 3.04. The van der Waals surface area contributed by atoms with Crippen molar-refractivity contribution in [3.05, 3.63) is 48.0 Å². The number of aromatic hydroxyl groups is 1. The van der Waals surface area contributed by atoms with E-state index in [1.54, 1.807) is 12.1 Å². The Bertz CT molecular complexity index is 1170. The number of phenols is 1. The molecular weight excluding hydrogens is 512 g/mol. The fraction of sp³-hybridized carbons (Fsp3) is 0.440. The molecule has 0 saturated carbocycles. The molecule has 4 unspecified atom stereocenters. The molecule has 0 bridgehead atoms. The quantitative estimate of drug-likeness (QED) is 0.165. The van der Waals surface area contributed by atoms with E-state index in [-0.39, 0.29) is 25.0 Å². The van der Waals surface area contributed by atoms with Crippen LogP contribution in [0.15, 0.2) is 36.8 Å². The van der Waals surface area contributed by atoms with E-state index in [9.17, 15) is 34.2 Å². The van der Waals surface area contributed by atoms with Gasteiger partial charge in [0, 0.05) is 31.3 Å². The number of phenolic OH excluding ortho intramolecular Hbond substituents is 1. The number of aromatic nitrogens is 2. The Labute approximate surface area is 223 Å². The van der Waals surface area contributed by atoms with E-state index < -0.39 is 60.2 Å². The average molecular weight is 545 g/mol. The van der Waals surface area contributed by atoms with Crippen LogP contribution in [-0.4, -0.2) is 90.6 Å². The zero-order valence-electron chi connectivity index (χ0n) is 21.1. The molecule has 4 atom stereocenters. The summed E-state index contributed by atoms with van der Waals surface area (Å²) in [5.41, 5.74) is 7.37. The van der Waals surface area contributed by atoms with Crippen molar-refractivity contribution in [3.63, 3.8) is 0 Å². The van der Waals surface area contributed by atoms with Crippen molar-refractivity contribution in [2.24, 2.45) is 5.73 Å². The first-order valence-corrected chi connectivity index (χ1v) is 12.4. The van der Waals surface area contributed by atoms with Gasteiger partial charge in [-0.05, 0) is 43.4 Å². The molecule has 2 aromatic rings. The van der Waals surface area contributed by atoms with E-state index >= 15 is 0 Å². The maximum atomic E-state index is 13.3. The van der Waals surface area contributed by atoms with E-state index in [1.807, 2.05) is 0 Å². The molecule has 210 valence electrons. The van der Waals surface area contributed by atoms with Crippen molar-refractivity contribution >= 4 is 29.7 Å². The standard InChI is InChI=1S/C25H32N6O8/c26-17(10-14-3-5-16(32)6-4-14)24(37)31-9-1-2-20(31)23(36)30-19(11-15-12-27-13-28-15)22(35)29-18(25(38)39)7-8-21(33)34/h3-6,12-13,17-20,32H,1-2,7-11,26H2,(H,27,28)(H,29,35)(H,30,36)(H,33,34)(H,38,39). The summed E-state index contributed by atoms with van der Waals surface area (Å²) < 4.78 is 0. The monoisotopic (exact) mass is 544 g/mol. The zero-order valence-corrected chi connectivity index (χ0v) is 21.1. The van der Waals surface area contributed by atoms with Gasteiger partial charge < -0.3 is 41.6 Å². The number of hydrogen-bond donors (Lipinski definition) is 7. The van der Waals surface area contributed by atoms with Gasteiger partial charge in [0.05, 0.1) is 12.4 Å². The summed E-state index contributed by atoms with van der Waals surface area (Å²) in [6.45, 7) is 0.299. The van der Waals surface area contributed by atoms with Crippen LogP contribution in [0.2, 0.25) is 0 Å². The molecule has 8 N–H and O–H groups in total. The number of hydrogen-bond acceptors (Lipinski definition) is 8. The Morgan fingerprint density at radius 1 is 1.08 bits per heavy atom. The summed E-state index contributed by atoms with van der Waals surface area (Å²) in [5.74, 6) is -4.40. The zero-order chi connectivity index (χ0) is 28.5. The molecule has 39 heavy (non-hydrogen) atoms. The third kappa shape index (κ3) is 8.26. The summed E-state index contributed by atoms with van der Waals surface area (Å²) in [4.78, 5) is 70.0. The van der Waals surface area contributed by atoms with Crippen LogP contribution in [0.4, 0.5) is 0 Å². The second-order valence-corrected chi connectivity index (χ2v) is 9.34. The second kappa shape index (κ2) is 13.4. The van der Waals surface area contributed by atoms with E-state index in [1.165, 1.54) is 29.6 Å². The maximum Gasteiger partial charge on any atom is 0.326 e. The molecule has 0 radical (unpaired) electrons. The van der Waals surface area contributed by atoms with Gasteiger partial charge in [-0.25, -0.2) is 9.78 Å². The fourth-order valence-electron chi connectivity index (χ4n) is 4.38. The van der Waals surface area contributed by atoms with Crippen LogP contribution >= 0.6 is 0 Å². The molecule has 1 fully saturated rings. The first-order chi connectivity index (χ1) is 18.5. The molecule has 1 aromatic heterocycles. The van der Waals surface area contributed by atoms with Crippen molar-refractivity contribution in [1.29, 1.82) is 0 Å². The van der Waals surface area contributed by atoms with Gasteiger partial charge in [-0.2, -0.15) is 0 Å². The first kappa shape index (κ1) is 29.1. The number of benzene rings is 1. The fourth-order valence-corrected chi connectivity index (χ4v) is 4.38. The van der Waals surface area contributed by atoms with Crippen LogP contribution in [0.5, 0.6) is 5.75 Å². The predicted octanol–water partition coefficient (Wildman–Crippen LogP) is -0.862. The number of likely N-dealkylation sites (tertiary alicyclic amines) is 1. The Balaban J connectivity index is 1.70. The number of carbonyl (C=O) groups is 5. The van der Waals surface area contributed by atoms with Crippen molar-refractivity contribution in [2.45, 2.75) is 62.7 Å². The van der Waals surface area contributed by atoms with Gasteiger partial charge in [-0.15, -0.1) is 0 Å². The van der Waals surface area contributed by atoms with Gasteiger partial charge in [-0.1, -0.05) is 12.1 Å². The highest BCUT2D eigenvalue weighted by atomic mass is 16.4. The lowest BCUT2D eigenvalue weighted by molar-refractivity contribution is -0.144. The molecule has 14 heteroatoms. The number of carbonyl (C=O) groups excluding carboxylic acids is 3. The van der Waals surface area contributed by atoms with Gasteiger partial charge in [0.25, 0.3) is 0 Å². The van der Waals surface area contributed by atoms with Gasteiger partial charge in [-0.3, -0.25) is 19.2 Å². The molecule has 1 aliphatic rings. The third-order valence-electron chi connectivity index (χ3n) is 6.42. The lowest BCUT2D eigenvalue weighted by atomic mass is 10.0. The number of aromatic amines is 1. The van der Waals surface area contributed by atoms with Crippen LogP contribution < -0.4 is 16.4 Å². The van der Waals surface area contributed by atoms with E-state index in [4.69, 9.17) is 10.8 Å². The molecule has 1 aliphatic heterocycles. The highest BCUT2D eigenvalue weighted by Gasteiger charge is 2.38. The van der Waals surface area contributed by atoms with Gasteiger partial charge in [0.1, 0.15) is 23.9 Å². The molecule has 0 aliphatic carbocycles. The highest BCUT2D eigenvalue weighted by Crippen LogP contribution is 2.20. The summed E-state index contributed by atoms with van der Waals surface area (Å²) >= 11 is 0. The predicted molar refractivity (Wildman–Crippen MR) is 135 cm³/mol. The van der Waals surface area contributed by atoms with Crippen LogP contribution in [0.25, 0.3) is 0 Å². The van der Waals surface area contributed by atoms with Crippen molar-refractivity contribution < 1.29 is 39.3 Å². The molecule has 3 rings (SSSR count). The number of aliphatic carboxylic acids is 2. The van der Waals surface area contributed by atoms with Gasteiger partial charge in [0.2, 0.25) is 17.7 Å². The number of nitrogens with zero attached hydrogens (tertiary/aromatic N) is 2. The third-order valence-corrected chi connectivity index (χ3v) is 6.42. The Hall–Kier alpha value is -4.46. The SMILES string of the molecule is NC(Cc1ccc(O)cc1)C(=O)N1CCCC1C(=O)NC(Cc1cnc[nH]1)C(=O)NC(CCC(=O)O)C(=O)O. The second-order valence-electron chi connectivity index (χ2n) is 9.34. The minimum atomic E-state index is -1.47. The van der Waals surface area contributed by atoms with E-state index in [0.717, 1.165) is 5.56 Å². The largest absolute Gasteiger partial charge is 0.508 e. The number of carboxylic acid groups (broad SMARTS) is 2. The molecular formula is C25H32N6O8. The van der Waals surface area contributed by atoms with Crippen molar-refractivity contribution in [3.8, 4) is 5.75 Å². The Morgan fingerprint density at radius 3 is 2.41 bits per heavy atom. The number of imidazole rings is 1. The summed E-state index contributed by atoms with van der Waals surface area (Å²) in [6, 6.07) is 1.75. The van der Waals surface area contributed by atoms with Gasteiger partial charge in [0.15, 0.2) is 0 Å². The lowest BCUT2D eigenvalue weighted by Gasteiger charge is -2.28. The number of H-pyrrole nitrogens is 1. The number of carboxylic acids is 2. The number of nitrogens with one attached hydrogen (secondary N) is 3. The number of amides is 3. The molecule has 3 amide bonds. The van der Waals surface area contributed by atoms with Crippen molar-refractivity contribution in [1.82, 2.24) is 25.5 Å². The van der Waals surface area contributed by atoms with Crippen LogP contribution in [0.3, 0.4) is 0 Å². The van der Waals surface area contributed by atoms with Crippen LogP contribution in [-0.2, 0) is 36.8 Å². The summed E-state index contributed by atoms with van der Waals surface area (Å²) in [7, 11) is 0. The van der Waals surface area contributed by atoms with Crippen molar-refractivity contribution in [2.75, 3.05) is 6.54 Å². The maximum absolute atomic E-state index is 13.3. The first-order valence-electron chi connectivity index (χ1n) is 12.4. The molecule has 2 heterocycles. The molecule has 14 nitrogen and oxygen atoms in total. The summed E-state index contributed by atoms with van der Waals surface area (Å²) in [5, 5.41) is 32.6. The Kier molecular flexibility index (Phi) is 9.98. The smallest absolute Gasteiger partial charge is 0.326 e. The molecule has 1 aromatic carbocycles. The van der Waals surface area contributed by atoms with E-state index in [0.29, 0.717) is 25.1 Å². The topological polar surface area (TPSA) is 228 Å². The van der Waals surface area contributed by atoms with Crippen LogP contribution in [0, 0.1) is 0 Å².